The number of hydrogen-bond donors (Lipinski definition) is 1. The Balaban J connectivity index is 2.11. The van der Waals surface area contributed by atoms with Crippen molar-refractivity contribution in [1.82, 2.24) is 0 Å². The quantitative estimate of drug-likeness (QED) is 0.641. The number of benzene rings is 1. The third-order valence-corrected chi connectivity index (χ3v) is 2.57. The van der Waals surface area contributed by atoms with Crippen LogP contribution >= 0.6 is 0 Å². The van der Waals surface area contributed by atoms with Gasteiger partial charge in [-0.25, -0.2) is 0 Å². The molecule has 1 aliphatic carbocycles. The summed E-state index contributed by atoms with van der Waals surface area (Å²) in [4.78, 5) is 0. The van der Waals surface area contributed by atoms with Gasteiger partial charge in [-0.1, -0.05) is 30.3 Å². The lowest BCUT2D eigenvalue weighted by Crippen LogP contribution is -1.93. The maximum atomic E-state index is 7.49. The van der Waals surface area contributed by atoms with E-state index in [1.807, 2.05) is 13.0 Å². The van der Waals surface area contributed by atoms with Gasteiger partial charge in [0.2, 0.25) is 0 Å². The first-order valence-electron chi connectivity index (χ1n) is 4.39. The molecule has 0 radical (unpaired) electrons. The smallest absolute Gasteiger partial charge is 0.00954 e. The normalized spacial score (nSPS) is 26.8. The highest BCUT2D eigenvalue weighted by Crippen LogP contribution is 2.47. The molecule has 0 aliphatic heterocycles. The second-order valence-corrected chi connectivity index (χ2v) is 3.54. The van der Waals surface area contributed by atoms with Crippen LogP contribution in [0.25, 0.3) is 0 Å². The van der Waals surface area contributed by atoms with Crippen molar-refractivity contribution in [3.63, 3.8) is 0 Å². The van der Waals surface area contributed by atoms with E-state index in [2.05, 4.69) is 24.3 Å². The van der Waals surface area contributed by atoms with Crippen LogP contribution in [0.2, 0.25) is 0 Å². The Hall–Kier alpha value is -1.11. The molecule has 1 heteroatoms. The lowest BCUT2D eigenvalue weighted by Gasteiger charge is -1.97. The summed E-state index contributed by atoms with van der Waals surface area (Å²) in [6.45, 7) is 1.91. The summed E-state index contributed by atoms with van der Waals surface area (Å²) in [5.74, 6) is 1.18. The van der Waals surface area contributed by atoms with E-state index in [1.165, 1.54) is 12.0 Å². The third kappa shape index (κ3) is 1.27. The van der Waals surface area contributed by atoms with Gasteiger partial charge in [0.05, 0.1) is 0 Å². The molecule has 1 nitrogen and oxygen atoms in total. The Bertz CT molecular complexity index is 289. The van der Waals surface area contributed by atoms with Crippen molar-refractivity contribution in [2.24, 2.45) is 5.92 Å². The summed E-state index contributed by atoms with van der Waals surface area (Å²) in [6.07, 6.45) is 1.18. The van der Waals surface area contributed by atoms with Crippen LogP contribution < -0.4 is 0 Å². The van der Waals surface area contributed by atoms with Gasteiger partial charge in [0, 0.05) is 11.6 Å². The summed E-state index contributed by atoms with van der Waals surface area (Å²) >= 11 is 0. The minimum Gasteiger partial charge on any atom is -0.310 e. The standard InChI is InChI=1S/C11H13N/c1-8(12)10-7-11(10)9-5-3-2-4-6-9/h2-6,10-12H,7H2,1H3/t10-,11?/m1/s1. The Kier molecular flexibility index (Phi) is 1.72. The van der Waals surface area contributed by atoms with Gasteiger partial charge in [0.15, 0.2) is 0 Å². The van der Waals surface area contributed by atoms with E-state index >= 15 is 0 Å². The Morgan fingerprint density at radius 1 is 1.33 bits per heavy atom. The van der Waals surface area contributed by atoms with Crippen molar-refractivity contribution >= 4 is 5.71 Å². The first-order chi connectivity index (χ1) is 5.79. The van der Waals surface area contributed by atoms with E-state index in [0.29, 0.717) is 11.8 Å². The molecule has 1 aliphatic rings. The van der Waals surface area contributed by atoms with Gasteiger partial charge in [-0.3, -0.25) is 0 Å². The molecule has 62 valence electrons. The highest BCUT2D eigenvalue weighted by atomic mass is 14.5. The van der Waals surface area contributed by atoms with E-state index in [-0.39, 0.29) is 0 Å². The van der Waals surface area contributed by atoms with E-state index in [1.54, 1.807) is 0 Å². The largest absolute Gasteiger partial charge is 0.310 e. The summed E-state index contributed by atoms with van der Waals surface area (Å²) in [5, 5.41) is 7.49. The fourth-order valence-electron chi connectivity index (χ4n) is 1.74. The number of nitrogens with one attached hydrogen (secondary N) is 1. The fourth-order valence-corrected chi connectivity index (χ4v) is 1.74. The average Bonchev–Trinajstić information content (AvgIpc) is 2.84. The highest BCUT2D eigenvalue weighted by Gasteiger charge is 2.39. The predicted octanol–water partition coefficient (Wildman–Crippen LogP) is 2.83. The van der Waals surface area contributed by atoms with Crippen molar-refractivity contribution in [2.75, 3.05) is 0 Å². The maximum absolute atomic E-state index is 7.49. The van der Waals surface area contributed by atoms with Gasteiger partial charge in [0.1, 0.15) is 0 Å². The minimum atomic E-state index is 0.535. The minimum absolute atomic E-state index is 0.535. The second-order valence-electron chi connectivity index (χ2n) is 3.54. The molecule has 0 saturated heterocycles. The van der Waals surface area contributed by atoms with E-state index in [0.717, 1.165) is 5.71 Å². The summed E-state index contributed by atoms with van der Waals surface area (Å²) in [5.41, 5.74) is 2.23. The topological polar surface area (TPSA) is 23.9 Å². The van der Waals surface area contributed by atoms with Gasteiger partial charge >= 0.3 is 0 Å². The molecular formula is C11H13N. The van der Waals surface area contributed by atoms with Crippen LogP contribution in [0.5, 0.6) is 0 Å². The van der Waals surface area contributed by atoms with Crippen molar-refractivity contribution < 1.29 is 0 Å². The van der Waals surface area contributed by atoms with Crippen molar-refractivity contribution in [3.8, 4) is 0 Å². The first kappa shape index (κ1) is 7.53. The van der Waals surface area contributed by atoms with Gasteiger partial charge in [-0.15, -0.1) is 0 Å². The predicted molar refractivity (Wildman–Crippen MR) is 50.7 cm³/mol. The molecule has 0 bridgehead atoms. The van der Waals surface area contributed by atoms with Gasteiger partial charge in [0.25, 0.3) is 0 Å². The summed E-state index contributed by atoms with van der Waals surface area (Å²) < 4.78 is 0. The molecular weight excluding hydrogens is 146 g/mol. The average molecular weight is 159 g/mol. The Labute approximate surface area is 72.9 Å². The number of rotatable bonds is 2. The lowest BCUT2D eigenvalue weighted by molar-refractivity contribution is 1.04. The number of hydrogen-bond acceptors (Lipinski definition) is 1. The summed E-state index contributed by atoms with van der Waals surface area (Å²) in [6, 6.07) is 10.5. The molecule has 1 saturated carbocycles. The van der Waals surface area contributed by atoms with E-state index in [9.17, 15) is 0 Å². The molecule has 1 fully saturated rings. The van der Waals surface area contributed by atoms with Crippen molar-refractivity contribution in [2.45, 2.75) is 19.3 Å². The fraction of sp³-hybridized carbons (Fsp3) is 0.364. The van der Waals surface area contributed by atoms with E-state index < -0.39 is 0 Å². The summed E-state index contributed by atoms with van der Waals surface area (Å²) in [7, 11) is 0. The second kappa shape index (κ2) is 2.74. The van der Waals surface area contributed by atoms with E-state index in [4.69, 9.17) is 5.41 Å². The molecule has 12 heavy (non-hydrogen) atoms. The van der Waals surface area contributed by atoms with Crippen LogP contribution in [0.4, 0.5) is 0 Å². The molecule has 1 aromatic carbocycles. The molecule has 0 amide bonds. The zero-order chi connectivity index (χ0) is 8.55. The third-order valence-electron chi connectivity index (χ3n) is 2.57. The molecule has 2 rings (SSSR count). The van der Waals surface area contributed by atoms with Crippen LogP contribution in [0.15, 0.2) is 30.3 Å². The molecule has 1 N–H and O–H groups in total. The van der Waals surface area contributed by atoms with Gasteiger partial charge in [-0.05, 0) is 24.8 Å². The van der Waals surface area contributed by atoms with Crippen molar-refractivity contribution in [3.05, 3.63) is 35.9 Å². The Morgan fingerprint density at radius 3 is 2.50 bits per heavy atom. The first-order valence-corrected chi connectivity index (χ1v) is 4.39. The Morgan fingerprint density at radius 2 is 2.00 bits per heavy atom. The molecule has 2 atom stereocenters. The molecule has 1 aromatic rings. The molecule has 0 heterocycles. The monoisotopic (exact) mass is 159 g/mol. The zero-order valence-corrected chi connectivity index (χ0v) is 7.25. The van der Waals surface area contributed by atoms with Crippen LogP contribution in [-0.4, -0.2) is 5.71 Å². The molecule has 1 unspecified atom stereocenters. The lowest BCUT2D eigenvalue weighted by atomic mass is 10.1. The highest BCUT2D eigenvalue weighted by molar-refractivity contribution is 5.85. The van der Waals surface area contributed by atoms with Crippen LogP contribution in [0.3, 0.4) is 0 Å². The van der Waals surface area contributed by atoms with Crippen LogP contribution in [0, 0.1) is 11.3 Å². The zero-order valence-electron chi connectivity index (χ0n) is 7.25. The van der Waals surface area contributed by atoms with Crippen LogP contribution in [0.1, 0.15) is 24.8 Å². The van der Waals surface area contributed by atoms with Gasteiger partial charge < -0.3 is 5.41 Å². The maximum Gasteiger partial charge on any atom is 0.00954 e. The molecule has 0 aromatic heterocycles. The SMILES string of the molecule is CC(=N)[C@H]1CC1c1ccccc1. The van der Waals surface area contributed by atoms with Gasteiger partial charge in [-0.2, -0.15) is 0 Å². The van der Waals surface area contributed by atoms with Crippen molar-refractivity contribution in [1.29, 1.82) is 5.41 Å². The molecule has 0 spiro atoms. The van der Waals surface area contributed by atoms with Crippen LogP contribution in [-0.2, 0) is 0 Å².